The van der Waals surface area contributed by atoms with Crippen LogP contribution in [0, 0.1) is 20.8 Å². The van der Waals surface area contributed by atoms with Crippen molar-refractivity contribution in [3.05, 3.63) is 47.3 Å². The standard InChI is InChI=1S/C21H26N4/c1-14-9-11-17(12-10-14)19-20(23-18-7-5-4-6-8-18)25-16(3)13-15(2)22-21(25)24-19/h9-13,18,23H,4-8H2,1-3H3. The van der Waals surface area contributed by atoms with Gasteiger partial charge >= 0.3 is 0 Å². The molecule has 1 aliphatic carbocycles. The van der Waals surface area contributed by atoms with Crippen LogP contribution in [0.3, 0.4) is 0 Å². The van der Waals surface area contributed by atoms with Crippen molar-refractivity contribution in [1.29, 1.82) is 0 Å². The molecular formula is C21H26N4. The number of nitrogens with zero attached hydrogens (tertiary/aromatic N) is 3. The molecule has 0 bridgehead atoms. The molecule has 0 spiro atoms. The molecule has 4 heteroatoms. The highest BCUT2D eigenvalue weighted by atomic mass is 15.2. The van der Waals surface area contributed by atoms with Gasteiger partial charge in [-0.3, -0.25) is 4.40 Å². The maximum absolute atomic E-state index is 4.89. The summed E-state index contributed by atoms with van der Waals surface area (Å²) in [7, 11) is 0. The van der Waals surface area contributed by atoms with E-state index in [1.165, 1.54) is 43.4 Å². The quantitative estimate of drug-likeness (QED) is 0.727. The van der Waals surface area contributed by atoms with Gasteiger partial charge in [0, 0.05) is 23.0 Å². The first kappa shape index (κ1) is 16.1. The number of aryl methyl sites for hydroxylation is 3. The first-order valence-corrected chi connectivity index (χ1v) is 9.32. The van der Waals surface area contributed by atoms with Crippen LogP contribution in [0.1, 0.15) is 49.1 Å². The van der Waals surface area contributed by atoms with Crippen molar-refractivity contribution < 1.29 is 0 Å². The fraction of sp³-hybridized carbons (Fsp3) is 0.429. The smallest absolute Gasteiger partial charge is 0.236 e. The number of hydrogen-bond acceptors (Lipinski definition) is 3. The number of hydrogen-bond donors (Lipinski definition) is 1. The Labute approximate surface area is 149 Å². The van der Waals surface area contributed by atoms with E-state index >= 15 is 0 Å². The van der Waals surface area contributed by atoms with Gasteiger partial charge in [0.05, 0.1) is 0 Å². The van der Waals surface area contributed by atoms with E-state index in [1.807, 2.05) is 6.92 Å². The molecule has 1 saturated carbocycles. The van der Waals surface area contributed by atoms with Crippen LogP contribution >= 0.6 is 0 Å². The molecule has 1 N–H and O–H groups in total. The molecule has 0 aliphatic heterocycles. The van der Waals surface area contributed by atoms with E-state index in [1.54, 1.807) is 0 Å². The molecule has 4 nitrogen and oxygen atoms in total. The molecule has 130 valence electrons. The van der Waals surface area contributed by atoms with Gasteiger partial charge in [0.2, 0.25) is 5.78 Å². The third kappa shape index (κ3) is 3.13. The Morgan fingerprint density at radius 3 is 2.40 bits per heavy atom. The second-order valence-corrected chi connectivity index (χ2v) is 7.33. The lowest BCUT2D eigenvalue weighted by Crippen LogP contribution is -2.23. The predicted octanol–water partition coefficient (Wildman–Crippen LogP) is 5.07. The summed E-state index contributed by atoms with van der Waals surface area (Å²) in [5.41, 5.74) is 5.60. The van der Waals surface area contributed by atoms with Gasteiger partial charge in [0.1, 0.15) is 11.5 Å². The zero-order valence-corrected chi connectivity index (χ0v) is 15.3. The van der Waals surface area contributed by atoms with Crippen LogP contribution in [0.5, 0.6) is 0 Å². The van der Waals surface area contributed by atoms with E-state index in [-0.39, 0.29) is 0 Å². The Bertz CT molecular complexity index is 886. The summed E-state index contributed by atoms with van der Waals surface area (Å²) < 4.78 is 2.18. The highest BCUT2D eigenvalue weighted by molar-refractivity contribution is 5.76. The summed E-state index contributed by atoms with van der Waals surface area (Å²) in [5, 5.41) is 3.81. The largest absolute Gasteiger partial charge is 0.367 e. The van der Waals surface area contributed by atoms with Crippen molar-refractivity contribution in [1.82, 2.24) is 14.4 Å². The number of fused-ring (bicyclic) bond motifs is 1. The second-order valence-electron chi connectivity index (χ2n) is 7.33. The highest BCUT2D eigenvalue weighted by Gasteiger charge is 2.21. The van der Waals surface area contributed by atoms with Crippen molar-refractivity contribution in [2.24, 2.45) is 0 Å². The Morgan fingerprint density at radius 1 is 0.960 bits per heavy atom. The molecule has 0 amide bonds. The molecule has 0 radical (unpaired) electrons. The zero-order chi connectivity index (χ0) is 17.4. The van der Waals surface area contributed by atoms with Gasteiger partial charge in [0.25, 0.3) is 0 Å². The molecule has 3 aromatic rings. The van der Waals surface area contributed by atoms with E-state index in [0.717, 1.165) is 28.5 Å². The first-order valence-electron chi connectivity index (χ1n) is 9.32. The molecular weight excluding hydrogens is 308 g/mol. The van der Waals surface area contributed by atoms with Crippen molar-refractivity contribution >= 4 is 11.6 Å². The molecule has 25 heavy (non-hydrogen) atoms. The molecule has 2 heterocycles. The Morgan fingerprint density at radius 2 is 1.68 bits per heavy atom. The van der Waals surface area contributed by atoms with Crippen LogP contribution in [0.25, 0.3) is 17.0 Å². The van der Waals surface area contributed by atoms with Crippen LogP contribution in [0.2, 0.25) is 0 Å². The fourth-order valence-electron chi connectivity index (χ4n) is 3.86. The first-order chi connectivity index (χ1) is 12.1. The number of nitrogens with one attached hydrogen (secondary N) is 1. The van der Waals surface area contributed by atoms with E-state index in [2.05, 4.69) is 58.9 Å². The molecule has 1 fully saturated rings. The number of rotatable bonds is 3. The summed E-state index contributed by atoms with van der Waals surface area (Å²) in [5.74, 6) is 1.88. The summed E-state index contributed by atoms with van der Waals surface area (Å²) in [6.07, 6.45) is 6.45. The van der Waals surface area contributed by atoms with Gasteiger partial charge in [0.15, 0.2) is 0 Å². The van der Waals surface area contributed by atoms with E-state index in [4.69, 9.17) is 4.98 Å². The summed E-state index contributed by atoms with van der Waals surface area (Å²) in [4.78, 5) is 9.55. The number of imidazole rings is 1. The predicted molar refractivity (Wildman–Crippen MR) is 103 cm³/mol. The molecule has 0 unspecified atom stereocenters. The highest BCUT2D eigenvalue weighted by Crippen LogP contribution is 2.32. The topological polar surface area (TPSA) is 42.2 Å². The SMILES string of the molecule is Cc1ccc(-c2nc3nc(C)cc(C)n3c2NC2CCCCC2)cc1. The molecule has 0 saturated heterocycles. The van der Waals surface area contributed by atoms with Crippen molar-refractivity contribution in [3.8, 4) is 11.3 Å². The number of benzene rings is 1. The van der Waals surface area contributed by atoms with Crippen molar-refractivity contribution in [2.75, 3.05) is 5.32 Å². The average molecular weight is 334 g/mol. The van der Waals surface area contributed by atoms with Crippen LogP contribution in [0.15, 0.2) is 30.3 Å². The van der Waals surface area contributed by atoms with Crippen LogP contribution in [-0.2, 0) is 0 Å². The van der Waals surface area contributed by atoms with Gasteiger partial charge < -0.3 is 5.32 Å². The monoisotopic (exact) mass is 334 g/mol. The minimum Gasteiger partial charge on any atom is -0.367 e. The molecule has 1 aromatic carbocycles. The molecule has 1 aliphatic rings. The lowest BCUT2D eigenvalue weighted by Gasteiger charge is -2.24. The zero-order valence-electron chi connectivity index (χ0n) is 15.3. The van der Waals surface area contributed by atoms with Gasteiger partial charge in [-0.1, -0.05) is 49.1 Å². The normalized spacial score (nSPS) is 15.6. The van der Waals surface area contributed by atoms with Gasteiger partial charge in [-0.25, -0.2) is 9.97 Å². The second kappa shape index (κ2) is 6.51. The van der Waals surface area contributed by atoms with E-state index in [9.17, 15) is 0 Å². The summed E-state index contributed by atoms with van der Waals surface area (Å²) in [6.45, 7) is 6.28. The number of aromatic nitrogens is 3. The van der Waals surface area contributed by atoms with E-state index < -0.39 is 0 Å². The maximum Gasteiger partial charge on any atom is 0.236 e. The Balaban J connectivity index is 1.86. The Kier molecular flexibility index (Phi) is 4.20. The van der Waals surface area contributed by atoms with Crippen molar-refractivity contribution in [2.45, 2.75) is 58.9 Å². The maximum atomic E-state index is 4.89. The van der Waals surface area contributed by atoms with Crippen molar-refractivity contribution in [3.63, 3.8) is 0 Å². The minimum absolute atomic E-state index is 0.526. The fourth-order valence-corrected chi connectivity index (χ4v) is 3.86. The Hall–Kier alpha value is -2.36. The third-order valence-corrected chi connectivity index (χ3v) is 5.18. The third-order valence-electron chi connectivity index (χ3n) is 5.18. The van der Waals surface area contributed by atoms with Crippen LogP contribution in [-0.4, -0.2) is 20.4 Å². The van der Waals surface area contributed by atoms with Gasteiger partial charge in [-0.2, -0.15) is 0 Å². The van der Waals surface area contributed by atoms with E-state index in [0.29, 0.717) is 6.04 Å². The lowest BCUT2D eigenvalue weighted by atomic mass is 9.95. The van der Waals surface area contributed by atoms with Gasteiger partial charge in [-0.15, -0.1) is 0 Å². The number of anilines is 1. The summed E-state index contributed by atoms with van der Waals surface area (Å²) in [6, 6.07) is 11.3. The molecule has 0 atom stereocenters. The lowest BCUT2D eigenvalue weighted by molar-refractivity contribution is 0.461. The van der Waals surface area contributed by atoms with Crippen LogP contribution < -0.4 is 5.32 Å². The van der Waals surface area contributed by atoms with Crippen LogP contribution in [0.4, 0.5) is 5.82 Å². The van der Waals surface area contributed by atoms with Gasteiger partial charge in [-0.05, 0) is 39.7 Å². The summed E-state index contributed by atoms with van der Waals surface area (Å²) >= 11 is 0. The molecule has 4 rings (SSSR count). The minimum atomic E-state index is 0.526. The average Bonchev–Trinajstić information content (AvgIpc) is 2.95. The molecule has 2 aromatic heterocycles.